The van der Waals surface area contributed by atoms with Gasteiger partial charge in [0.15, 0.2) is 11.6 Å². The molecule has 32 heavy (non-hydrogen) atoms. The summed E-state index contributed by atoms with van der Waals surface area (Å²) in [6.45, 7) is 5.88. The van der Waals surface area contributed by atoms with E-state index in [1.54, 1.807) is 24.3 Å². The van der Waals surface area contributed by atoms with Crippen LogP contribution in [0.5, 0.6) is 0 Å². The van der Waals surface area contributed by atoms with E-state index in [0.29, 0.717) is 40.2 Å². The standard InChI is InChI=1S/C26H26N4O2/c1-2-28-20-16-21(30-14-12-29(13-15-30)17-8-4-3-5-9-17)24(27)23-22(20)25(31)18-10-6-7-11-19(18)26(23)32/h3-11,16,28H,2,12-15,27H2,1H3. The summed E-state index contributed by atoms with van der Waals surface area (Å²) in [7, 11) is 0. The molecule has 1 saturated heterocycles. The maximum atomic E-state index is 13.4. The van der Waals surface area contributed by atoms with Crippen molar-refractivity contribution in [1.29, 1.82) is 0 Å². The molecule has 0 amide bonds. The zero-order chi connectivity index (χ0) is 22.2. The minimum absolute atomic E-state index is 0.154. The van der Waals surface area contributed by atoms with E-state index in [2.05, 4.69) is 27.2 Å². The van der Waals surface area contributed by atoms with Crippen molar-refractivity contribution in [2.45, 2.75) is 6.92 Å². The van der Waals surface area contributed by atoms with Gasteiger partial charge in [0, 0.05) is 55.2 Å². The minimum atomic E-state index is -0.184. The second-order valence-corrected chi connectivity index (χ2v) is 8.15. The number of anilines is 4. The molecule has 3 aromatic carbocycles. The quantitative estimate of drug-likeness (QED) is 0.483. The number of rotatable bonds is 4. The van der Waals surface area contributed by atoms with Crippen molar-refractivity contribution in [2.75, 3.05) is 53.6 Å². The van der Waals surface area contributed by atoms with Crippen LogP contribution in [0.1, 0.15) is 38.8 Å². The van der Waals surface area contributed by atoms with Crippen molar-refractivity contribution >= 4 is 34.3 Å². The molecule has 0 atom stereocenters. The first-order valence-electron chi connectivity index (χ1n) is 11.0. The fraction of sp³-hybridized carbons (Fsp3) is 0.231. The number of nitrogens with zero attached hydrogens (tertiary/aromatic N) is 2. The first-order valence-corrected chi connectivity index (χ1v) is 11.0. The summed E-state index contributed by atoms with van der Waals surface area (Å²) in [4.78, 5) is 31.3. The van der Waals surface area contributed by atoms with E-state index in [-0.39, 0.29) is 11.6 Å². The molecule has 6 heteroatoms. The molecule has 1 fully saturated rings. The van der Waals surface area contributed by atoms with Crippen molar-refractivity contribution in [3.8, 4) is 0 Å². The highest BCUT2D eigenvalue weighted by molar-refractivity contribution is 6.32. The molecule has 1 heterocycles. The van der Waals surface area contributed by atoms with Crippen molar-refractivity contribution in [3.05, 3.63) is 82.9 Å². The number of ketones is 2. The molecule has 6 nitrogen and oxygen atoms in total. The van der Waals surface area contributed by atoms with Crippen LogP contribution in [0.4, 0.5) is 22.7 Å². The van der Waals surface area contributed by atoms with Crippen molar-refractivity contribution in [1.82, 2.24) is 0 Å². The number of piperazine rings is 1. The van der Waals surface area contributed by atoms with Crippen LogP contribution in [0, 0.1) is 0 Å². The van der Waals surface area contributed by atoms with Crippen LogP contribution in [-0.2, 0) is 0 Å². The summed E-state index contributed by atoms with van der Waals surface area (Å²) in [6.07, 6.45) is 0. The molecule has 0 aromatic heterocycles. The van der Waals surface area contributed by atoms with Crippen molar-refractivity contribution in [2.24, 2.45) is 0 Å². The molecule has 0 radical (unpaired) electrons. The number of benzene rings is 3. The lowest BCUT2D eigenvalue weighted by molar-refractivity contribution is 0.0980. The Morgan fingerprint density at radius 2 is 1.38 bits per heavy atom. The molecular weight excluding hydrogens is 400 g/mol. The fourth-order valence-electron chi connectivity index (χ4n) is 4.74. The lowest BCUT2D eigenvalue weighted by Crippen LogP contribution is -2.47. The predicted molar refractivity (Wildman–Crippen MR) is 129 cm³/mol. The summed E-state index contributed by atoms with van der Waals surface area (Å²) >= 11 is 0. The Labute approximate surface area is 187 Å². The van der Waals surface area contributed by atoms with Gasteiger partial charge in [0.1, 0.15) is 0 Å². The maximum Gasteiger partial charge on any atom is 0.196 e. The highest BCUT2D eigenvalue weighted by atomic mass is 16.1. The number of carbonyl (C=O) groups excluding carboxylic acids is 2. The van der Waals surface area contributed by atoms with E-state index in [0.717, 1.165) is 31.9 Å². The molecule has 0 saturated carbocycles. The number of nitrogens with one attached hydrogen (secondary N) is 1. The largest absolute Gasteiger partial charge is 0.396 e. The molecule has 0 unspecified atom stereocenters. The van der Waals surface area contributed by atoms with Crippen LogP contribution < -0.4 is 20.9 Å². The summed E-state index contributed by atoms with van der Waals surface area (Å²) in [5.41, 5.74) is 11.3. The lowest BCUT2D eigenvalue weighted by Gasteiger charge is -2.38. The van der Waals surface area contributed by atoms with Crippen molar-refractivity contribution < 1.29 is 9.59 Å². The highest BCUT2D eigenvalue weighted by Crippen LogP contribution is 2.41. The van der Waals surface area contributed by atoms with E-state index in [1.165, 1.54) is 5.69 Å². The third-order valence-electron chi connectivity index (χ3n) is 6.33. The smallest absolute Gasteiger partial charge is 0.196 e. The topological polar surface area (TPSA) is 78.7 Å². The van der Waals surface area contributed by atoms with Crippen LogP contribution in [-0.4, -0.2) is 44.3 Å². The molecule has 2 aliphatic rings. The molecule has 1 aliphatic heterocycles. The molecular formula is C26H26N4O2. The van der Waals surface area contributed by atoms with Gasteiger partial charge in [-0.25, -0.2) is 0 Å². The number of nitrogens with two attached hydrogens (primary N) is 1. The van der Waals surface area contributed by atoms with Gasteiger partial charge < -0.3 is 20.9 Å². The van der Waals surface area contributed by atoms with Gasteiger partial charge in [0.25, 0.3) is 0 Å². The average molecular weight is 427 g/mol. The van der Waals surface area contributed by atoms with Crippen LogP contribution in [0.3, 0.4) is 0 Å². The lowest BCUT2D eigenvalue weighted by atomic mass is 9.81. The van der Waals surface area contributed by atoms with E-state index in [1.807, 2.05) is 31.2 Å². The molecule has 0 bridgehead atoms. The molecule has 1 aliphatic carbocycles. The van der Waals surface area contributed by atoms with Crippen molar-refractivity contribution in [3.63, 3.8) is 0 Å². The van der Waals surface area contributed by atoms with Crippen LogP contribution >= 0.6 is 0 Å². The van der Waals surface area contributed by atoms with Gasteiger partial charge in [-0.2, -0.15) is 0 Å². The molecule has 162 valence electrons. The Bertz CT molecular complexity index is 1200. The summed E-state index contributed by atoms with van der Waals surface area (Å²) in [5, 5.41) is 3.29. The van der Waals surface area contributed by atoms with Gasteiger partial charge in [0.05, 0.1) is 22.5 Å². The summed E-state index contributed by atoms with van der Waals surface area (Å²) < 4.78 is 0. The number of carbonyl (C=O) groups is 2. The summed E-state index contributed by atoms with van der Waals surface area (Å²) in [5.74, 6) is -0.338. The van der Waals surface area contributed by atoms with E-state index >= 15 is 0 Å². The second-order valence-electron chi connectivity index (χ2n) is 8.15. The Morgan fingerprint density at radius 3 is 2.00 bits per heavy atom. The summed E-state index contributed by atoms with van der Waals surface area (Å²) in [6, 6.07) is 19.3. The van der Waals surface area contributed by atoms with Gasteiger partial charge >= 0.3 is 0 Å². The second kappa shape index (κ2) is 8.04. The van der Waals surface area contributed by atoms with Gasteiger partial charge in [-0.3, -0.25) is 9.59 Å². The third-order valence-corrected chi connectivity index (χ3v) is 6.33. The molecule has 0 spiro atoms. The number of hydrogen-bond acceptors (Lipinski definition) is 6. The van der Waals surface area contributed by atoms with Crippen LogP contribution in [0.15, 0.2) is 60.7 Å². The Morgan fingerprint density at radius 1 is 0.812 bits per heavy atom. The minimum Gasteiger partial charge on any atom is -0.396 e. The predicted octanol–water partition coefficient (Wildman–Crippen LogP) is 3.80. The van der Waals surface area contributed by atoms with Gasteiger partial charge in [0.2, 0.25) is 0 Å². The first-order chi connectivity index (χ1) is 15.6. The van der Waals surface area contributed by atoms with Gasteiger partial charge in [-0.1, -0.05) is 42.5 Å². The van der Waals surface area contributed by atoms with E-state index in [4.69, 9.17) is 5.73 Å². The number of hydrogen-bond donors (Lipinski definition) is 2. The zero-order valence-electron chi connectivity index (χ0n) is 18.1. The van der Waals surface area contributed by atoms with Gasteiger partial charge in [-0.05, 0) is 25.1 Å². The van der Waals surface area contributed by atoms with Crippen LogP contribution in [0.25, 0.3) is 0 Å². The van der Waals surface area contributed by atoms with E-state index < -0.39 is 0 Å². The van der Waals surface area contributed by atoms with Crippen LogP contribution in [0.2, 0.25) is 0 Å². The SMILES string of the molecule is CCNc1cc(N2CCN(c3ccccc3)CC2)c(N)c2c1C(=O)c1ccccc1C2=O. The zero-order valence-corrected chi connectivity index (χ0v) is 18.1. The molecule has 3 aromatic rings. The fourth-order valence-corrected chi connectivity index (χ4v) is 4.74. The number of para-hydroxylation sites is 1. The average Bonchev–Trinajstić information content (AvgIpc) is 2.84. The van der Waals surface area contributed by atoms with E-state index in [9.17, 15) is 9.59 Å². The maximum absolute atomic E-state index is 13.4. The Kier molecular flexibility index (Phi) is 5.05. The number of fused-ring (bicyclic) bond motifs is 2. The monoisotopic (exact) mass is 426 g/mol. The normalized spacial score (nSPS) is 15.4. The Balaban J connectivity index is 1.53. The van der Waals surface area contributed by atoms with Gasteiger partial charge in [-0.15, -0.1) is 0 Å². The molecule has 3 N–H and O–H groups in total. The Hall–Kier alpha value is -3.80. The highest BCUT2D eigenvalue weighted by Gasteiger charge is 2.35. The first kappa shape index (κ1) is 20.1. The number of nitrogen functional groups attached to an aromatic ring is 1. The molecule has 5 rings (SSSR count). The third kappa shape index (κ3) is 3.19.